The Labute approximate surface area is 113 Å². The van der Waals surface area contributed by atoms with Crippen LogP contribution in [0.5, 0.6) is 0 Å². The largest absolute Gasteiger partial charge is 0.360 e. The molecule has 0 saturated heterocycles. The van der Waals surface area contributed by atoms with Gasteiger partial charge in [0.2, 0.25) is 11.9 Å². The number of hydrogen-bond donors (Lipinski definition) is 4. The summed E-state index contributed by atoms with van der Waals surface area (Å²) in [6, 6.07) is 2.25. The molecule has 2 aromatic rings. The first-order chi connectivity index (χ1) is 9.26. The highest BCUT2D eigenvalue weighted by Gasteiger charge is 2.23. The fourth-order valence-electron chi connectivity index (χ4n) is 1.72. The third-order valence-corrected chi connectivity index (χ3v) is 3.70. The minimum atomic E-state index is -0.0203. The number of carbonyl (C=O) groups is 1. The first kappa shape index (κ1) is 12.1. The van der Waals surface area contributed by atoms with Crippen molar-refractivity contribution in [2.45, 2.75) is 18.9 Å². The molecule has 1 saturated carbocycles. The molecule has 100 valence electrons. The molecule has 0 atom stereocenters. The smallest absolute Gasteiger partial charge is 0.239 e. The Morgan fingerprint density at radius 2 is 2.32 bits per heavy atom. The number of amides is 1. The van der Waals surface area contributed by atoms with E-state index >= 15 is 0 Å². The SMILES string of the molecule is NNc1nc(NCC(=O)NC2CC2)c2sccc2n1. The number of carbonyl (C=O) groups excluding carboxylic acids is 1. The lowest BCUT2D eigenvalue weighted by Crippen LogP contribution is -2.31. The quantitative estimate of drug-likeness (QED) is 0.473. The molecular formula is C11H14N6OS. The summed E-state index contributed by atoms with van der Waals surface area (Å²) >= 11 is 1.52. The Bertz CT molecular complexity index is 608. The second kappa shape index (κ2) is 4.98. The average molecular weight is 278 g/mol. The van der Waals surface area contributed by atoms with Crippen LogP contribution in [0, 0.1) is 0 Å². The van der Waals surface area contributed by atoms with Crippen LogP contribution >= 0.6 is 11.3 Å². The number of hydrazine groups is 1. The van der Waals surface area contributed by atoms with Crippen LogP contribution < -0.4 is 21.9 Å². The summed E-state index contributed by atoms with van der Waals surface area (Å²) in [6.45, 7) is 0.199. The second-order valence-electron chi connectivity index (χ2n) is 4.37. The van der Waals surface area contributed by atoms with Crippen LogP contribution in [0.15, 0.2) is 11.4 Å². The fraction of sp³-hybridized carbons (Fsp3) is 0.364. The van der Waals surface area contributed by atoms with E-state index in [9.17, 15) is 4.79 Å². The summed E-state index contributed by atoms with van der Waals surface area (Å²) in [4.78, 5) is 20.1. The summed E-state index contributed by atoms with van der Waals surface area (Å²) in [7, 11) is 0. The average Bonchev–Trinajstić information content (AvgIpc) is 3.09. The number of rotatable bonds is 5. The summed E-state index contributed by atoms with van der Waals surface area (Å²) in [5, 5.41) is 7.87. The molecule has 0 bridgehead atoms. The van der Waals surface area contributed by atoms with Gasteiger partial charge in [-0.3, -0.25) is 10.2 Å². The molecule has 7 nitrogen and oxygen atoms in total. The minimum Gasteiger partial charge on any atom is -0.360 e. The molecule has 1 fully saturated rings. The maximum Gasteiger partial charge on any atom is 0.239 e. The van der Waals surface area contributed by atoms with E-state index < -0.39 is 0 Å². The van der Waals surface area contributed by atoms with E-state index in [1.54, 1.807) is 0 Å². The Morgan fingerprint density at radius 1 is 1.47 bits per heavy atom. The number of nitrogen functional groups attached to an aromatic ring is 1. The molecule has 0 spiro atoms. The second-order valence-corrected chi connectivity index (χ2v) is 5.29. The fourth-order valence-corrected chi connectivity index (χ4v) is 2.52. The van der Waals surface area contributed by atoms with Gasteiger partial charge in [-0.25, -0.2) is 10.8 Å². The first-order valence-electron chi connectivity index (χ1n) is 6.01. The van der Waals surface area contributed by atoms with E-state index in [-0.39, 0.29) is 12.5 Å². The molecule has 8 heteroatoms. The molecule has 2 heterocycles. The summed E-state index contributed by atoms with van der Waals surface area (Å²) in [6.07, 6.45) is 2.16. The maximum absolute atomic E-state index is 11.6. The molecule has 0 radical (unpaired) electrons. The number of fused-ring (bicyclic) bond motifs is 1. The zero-order chi connectivity index (χ0) is 13.2. The lowest BCUT2D eigenvalue weighted by Gasteiger charge is -2.08. The molecule has 1 amide bonds. The number of nitrogens with one attached hydrogen (secondary N) is 3. The van der Waals surface area contributed by atoms with Crippen LogP contribution in [-0.2, 0) is 4.79 Å². The van der Waals surface area contributed by atoms with E-state index in [2.05, 4.69) is 26.0 Å². The number of nitrogens with two attached hydrogens (primary N) is 1. The predicted molar refractivity (Wildman–Crippen MR) is 74.9 cm³/mol. The van der Waals surface area contributed by atoms with Gasteiger partial charge in [0.1, 0.15) is 5.82 Å². The minimum absolute atomic E-state index is 0.0203. The van der Waals surface area contributed by atoms with E-state index in [1.165, 1.54) is 11.3 Å². The lowest BCUT2D eigenvalue weighted by molar-refractivity contribution is -0.119. The Kier molecular flexibility index (Phi) is 3.18. The number of aromatic nitrogens is 2. The van der Waals surface area contributed by atoms with Gasteiger partial charge in [-0.15, -0.1) is 11.3 Å². The molecule has 2 aromatic heterocycles. The third-order valence-electron chi connectivity index (χ3n) is 2.79. The molecular weight excluding hydrogens is 264 g/mol. The molecule has 3 rings (SSSR count). The monoisotopic (exact) mass is 278 g/mol. The normalized spacial score (nSPS) is 14.4. The lowest BCUT2D eigenvalue weighted by atomic mass is 10.4. The number of anilines is 2. The zero-order valence-corrected chi connectivity index (χ0v) is 11.0. The van der Waals surface area contributed by atoms with Gasteiger partial charge in [0.25, 0.3) is 0 Å². The van der Waals surface area contributed by atoms with E-state index in [0.717, 1.165) is 23.1 Å². The maximum atomic E-state index is 11.6. The van der Waals surface area contributed by atoms with Crippen molar-refractivity contribution < 1.29 is 4.79 Å². The highest BCUT2D eigenvalue weighted by Crippen LogP contribution is 2.26. The Hall–Kier alpha value is -1.93. The van der Waals surface area contributed by atoms with Crippen molar-refractivity contribution in [3.05, 3.63) is 11.4 Å². The van der Waals surface area contributed by atoms with Crippen molar-refractivity contribution in [1.82, 2.24) is 15.3 Å². The molecule has 0 aliphatic heterocycles. The summed E-state index contributed by atoms with van der Waals surface area (Å²) < 4.78 is 0.915. The van der Waals surface area contributed by atoms with Crippen molar-refractivity contribution in [2.75, 3.05) is 17.3 Å². The van der Waals surface area contributed by atoms with Crippen molar-refractivity contribution in [1.29, 1.82) is 0 Å². The van der Waals surface area contributed by atoms with Crippen LogP contribution in [0.2, 0.25) is 0 Å². The molecule has 1 aliphatic carbocycles. The van der Waals surface area contributed by atoms with Crippen LogP contribution in [0.1, 0.15) is 12.8 Å². The van der Waals surface area contributed by atoms with Crippen molar-refractivity contribution in [2.24, 2.45) is 5.84 Å². The van der Waals surface area contributed by atoms with Gasteiger partial charge >= 0.3 is 0 Å². The van der Waals surface area contributed by atoms with Gasteiger partial charge in [0, 0.05) is 6.04 Å². The van der Waals surface area contributed by atoms with Crippen molar-refractivity contribution in [3.63, 3.8) is 0 Å². The highest BCUT2D eigenvalue weighted by atomic mass is 32.1. The van der Waals surface area contributed by atoms with Gasteiger partial charge in [0.05, 0.1) is 16.8 Å². The van der Waals surface area contributed by atoms with Crippen LogP contribution in [0.3, 0.4) is 0 Å². The van der Waals surface area contributed by atoms with Gasteiger partial charge in [-0.2, -0.15) is 4.98 Å². The van der Waals surface area contributed by atoms with Crippen LogP contribution in [-0.4, -0.2) is 28.5 Å². The van der Waals surface area contributed by atoms with Gasteiger partial charge in [0.15, 0.2) is 0 Å². The van der Waals surface area contributed by atoms with Gasteiger partial charge in [-0.05, 0) is 24.3 Å². The third kappa shape index (κ3) is 2.74. The molecule has 0 unspecified atom stereocenters. The van der Waals surface area contributed by atoms with Crippen molar-refractivity contribution >= 4 is 39.2 Å². The number of hydrogen-bond acceptors (Lipinski definition) is 7. The Morgan fingerprint density at radius 3 is 3.05 bits per heavy atom. The van der Waals surface area contributed by atoms with E-state index in [4.69, 9.17) is 5.84 Å². The number of nitrogens with zero attached hydrogens (tertiary/aromatic N) is 2. The van der Waals surface area contributed by atoms with E-state index in [0.29, 0.717) is 17.8 Å². The first-order valence-corrected chi connectivity index (χ1v) is 6.89. The predicted octanol–water partition coefficient (Wildman–Crippen LogP) is 0.667. The summed E-state index contributed by atoms with van der Waals surface area (Å²) in [5.41, 5.74) is 3.22. The topological polar surface area (TPSA) is 105 Å². The van der Waals surface area contributed by atoms with Crippen molar-refractivity contribution in [3.8, 4) is 0 Å². The number of thiophene rings is 1. The van der Waals surface area contributed by atoms with Gasteiger partial charge < -0.3 is 10.6 Å². The molecule has 5 N–H and O–H groups in total. The van der Waals surface area contributed by atoms with Crippen LogP contribution in [0.25, 0.3) is 10.2 Å². The zero-order valence-electron chi connectivity index (χ0n) is 10.1. The molecule has 1 aliphatic rings. The standard InChI is InChI=1S/C11H14N6OS/c12-17-11-15-7-3-4-19-9(7)10(16-11)13-5-8(18)14-6-1-2-6/h3-4,6H,1-2,5,12H2,(H,14,18)(H2,13,15,16,17). The summed E-state index contributed by atoms with van der Waals surface area (Å²) in [5.74, 6) is 6.26. The van der Waals surface area contributed by atoms with Crippen LogP contribution in [0.4, 0.5) is 11.8 Å². The highest BCUT2D eigenvalue weighted by molar-refractivity contribution is 7.17. The molecule has 19 heavy (non-hydrogen) atoms. The van der Waals surface area contributed by atoms with Gasteiger partial charge in [-0.1, -0.05) is 0 Å². The molecule has 0 aromatic carbocycles. The van der Waals surface area contributed by atoms with E-state index in [1.807, 2.05) is 11.4 Å². The Balaban J connectivity index is 1.74.